The van der Waals surface area contributed by atoms with Crippen LogP contribution in [-0.4, -0.2) is 4.89 Å². The molecule has 204 valence electrons. The summed E-state index contributed by atoms with van der Waals surface area (Å²) in [5.41, 5.74) is -0.760. The number of benzene rings is 1. The van der Waals surface area contributed by atoms with E-state index in [9.17, 15) is 9.79 Å². The molecule has 1 aromatic rings. The highest BCUT2D eigenvalue weighted by Gasteiger charge is 2.18. The number of rotatable bonds is 23. The molecule has 0 aliphatic heterocycles. The molecule has 1 atom stereocenters. The van der Waals surface area contributed by atoms with Crippen molar-refractivity contribution in [3.63, 3.8) is 0 Å². The molecule has 0 fully saturated rings. The van der Waals surface area contributed by atoms with Crippen LogP contribution in [0, 0.1) is 0 Å². The third-order valence-electron chi connectivity index (χ3n) is 7.03. The predicted octanol–water partition coefficient (Wildman–Crippen LogP) is 10.0. The standard InChI is InChI=1S/C30H55O2PS2/c1-3-5-7-9-11-13-15-17-19-21-24-28-25-23-27-30(35-33(31,32)34)29(28)26-22-20-18-16-14-12-10-8-6-4-2/h23,25,27H,3-22,24,26H2,1-2H3,(H2-,31,32,34). The van der Waals surface area contributed by atoms with Gasteiger partial charge in [0.25, 0.3) is 0 Å². The molecule has 0 saturated heterocycles. The van der Waals surface area contributed by atoms with E-state index in [1.807, 2.05) is 6.07 Å². The predicted molar refractivity (Wildman–Crippen MR) is 161 cm³/mol. The Morgan fingerprint density at radius 3 is 1.49 bits per heavy atom. The van der Waals surface area contributed by atoms with Crippen LogP contribution in [-0.2, 0) is 23.8 Å². The number of hydrogen-bond donors (Lipinski definition) is 2. The normalized spacial score (nSPS) is 13.2. The second kappa shape index (κ2) is 22.2. The maximum atomic E-state index is 12.0. The molecule has 2 nitrogen and oxygen atoms in total. The van der Waals surface area contributed by atoms with Gasteiger partial charge in [0.05, 0.1) is 0 Å². The lowest BCUT2D eigenvalue weighted by Gasteiger charge is -2.11. The maximum absolute atomic E-state index is 12.0. The van der Waals surface area contributed by atoms with Crippen molar-refractivity contribution in [1.82, 2.24) is 0 Å². The monoisotopic (exact) mass is 542 g/mol. The summed E-state index contributed by atoms with van der Waals surface area (Å²) < 4.78 is 0. The van der Waals surface area contributed by atoms with Crippen LogP contribution in [0.4, 0.5) is 0 Å². The van der Waals surface area contributed by atoms with Gasteiger partial charge in [-0.3, -0.25) is 0 Å². The van der Waals surface area contributed by atoms with Crippen molar-refractivity contribution in [3.05, 3.63) is 29.3 Å². The molecule has 0 amide bonds. The van der Waals surface area contributed by atoms with Crippen molar-refractivity contribution in [3.8, 4) is 0 Å². The first-order valence-corrected chi connectivity index (χ1v) is 19.1. The van der Waals surface area contributed by atoms with Gasteiger partial charge in [0.15, 0.2) is 0 Å². The van der Waals surface area contributed by atoms with Crippen molar-refractivity contribution < 1.29 is 9.79 Å². The minimum absolute atomic E-state index is 0.964. The van der Waals surface area contributed by atoms with Crippen molar-refractivity contribution >= 4 is 28.9 Å². The quantitative estimate of drug-likeness (QED) is 0.0625. The van der Waals surface area contributed by atoms with E-state index in [1.165, 1.54) is 140 Å². The highest BCUT2D eigenvalue weighted by Crippen LogP contribution is 2.40. The second-order valence-corrected chi connectivity index (χ2v) is 16.4. The summed E-state index contributed by atoms with van der Waals surface area (Å²) in [5.74, 6) is 0. The summed E-state index contributed by atoms with van der Waals surface area (Å²) in [6.45, 7) is 4.55. The minimum Gasteiger partial charge on any atom is -0.756 e. The second-order valence-electron chi connectivity index (χ2n) is 10.3. The molecule has 0 heterocycles. The van der Waals surface area contributed by atoms with E-state index in [-0.39, 0.29) is 0 Å². The van der Waals surface area contributed by atoms with Crippen molar-refractivity contribution in [1.29, 1.82) is 0 Å². The van der Waals surface area contributed by atoms with Crippen LogP contribution >= 0.6 is 17.9 Å². The molecule has 0 aromatic heterocycles. The largest absolute Gasteiger partial charge is 0.756 e. The lowest BCUT2D eigenvalue weighted by atomic mass is 9.96. The summed E-state index contributed by atoms with van der Waals surface area (Å²) in [4.78, 5) is 22.9. The molecule has 1 unspecified atom stereocenters. The van der Waals surface area contributed by atoms with E-state index in [4.69, 9.17) is 0 Å². The summed E-state index contributed by atoms with van der Waals surface area (Å²) >= 11 is 3.94. The van der Waals surface area contributed by atoms with Gasteiger partial charge in [-0.15, -0.1) is 0 Å². The molecule has 35 heavy (non-hydrogen) atoms. The smallest absolute Gasteiger partial charge is 0.242 e. The Kier molecular flexibility index (Phi) is 21.0. The zero-order chi connectivity index (χ0) is 25.6. The fraction of sp³-hybridized carbons (Fsp3) is 0.800. The van der Waals surface area contributed by atoms with E-state index < -0.39 is 5.69 Å². The Morgan fingerprint density at radius 1 is 0.657 bits per heavy atom. The molecular formula is C30H55O2PS2. The first-order valence-electron chi connectivity index (χ1n) is 14.8. The van der Waals surface area contributed by atoms with Crippen LogP contribution in [0.15, 0.2) is 23.1 Å². The Morgan fingerprint density at radius 2 is 1.06 bits per heavy atom. The molecule has 0 spiro atoms. The Bertz CT molecular complexity index is 679. The van der Waals surface area contributed by atoms with Crippen molar-refractivity contribution in [2.75, 3.05) is 0 Å². The van der Waals surface area contributed by atoms with Crippen molar-refractivity contribution in [2.24, 2.45) is 0 Å². The van der Waals surface area contributed by atoms with Gasteiger partial charge >= 0.3 is 0 Å². The van der Waals surface area contributed by atoms with E-state index in [0.29, 0.717) is 0 Å². The Hall–Kier alpha value is 0.140. The number of aryl methyl sites for hydroxylation is 1. The summed E-state index contributed by atoms with van der Waals surface area (Å²) in [6, 6.07) is 6.31. The number of unbranched alkanes of at least 4 members (excludes halogenated alkanes) is 18. The molecule has 0 aliphatic carbocycles. The first kappa shape index (κ1) is 33.2. The molecule has 0 saturated carbocycles. The maximum Gasteiger partial charge on any atom is 0.242 e. The van der Waals surface area contributed by atoms with E-state index in [2.05, 4.69) is 38.2 Å². The van der Waals surface area contributed by atoms with Gasteiger partial charge in [-0.2, -0.15) is 0 Å². The van der Waals surface area contributed by atoms with Crippen molar-refractivity contribution in [2.45, 2.75) is 160 Å². The number of thiol groups is 1. The molecular weight excluding hydrogens is 487 g/mol. The van der Waals surface area contributed by atoms with Gasteiger partial charge in [-0.1, -0.05) is 154 Å². The molecule has 0 bridgehead atoms. The average Bonchev–Trinajstić information content (AvgIpc) is 2.81. The van der Waals surface area contributed by atoms with Crippen LogP contribution in [0.25, 0.3) is 0 Å². The van der Waals surface area contributed by atoms with E-state index >= 15 is 0 Å². The summed E-state index contributed by atoms with van der Waals surface area (Å²) in [5, 5.41) is 0. The molecule has 1 rings (SSSR count). The highest BCUT2D eigenvalue weighted by molar-refractivity contribution is 8.61. The SMILES string of the molecule is CCCCCCCCCCCCc1cccc([S+]=P([O-])(O)S)c1CCCCCCCCCCCC. The summed E-state index contributed by atoms with van der Waals surface area (Å²) in [6.07, 6.45) is 28.9. The van der Waals surface area contributed by atoms with Gasteiger partial charge in [0.1, 0.15) is 0 Å². The van der Waals surface area contributed by atoms with Crippen LogP contribution in [0.3, 0.4) is 0 Å². The average molecular weight is 543 g/mol. The fourth-order valence-electron chi connectivity index (χ4n) is 4.93. The molecule has 5 heteroatoms. The molecule has 0 aliphatic rings. The lowest BCUT2D eigenvalue weighted by Crippen LogP contribution is -2.01. The van der Waals surface area contributed by atoms with Gasteiger partial charge in [0.2, 0.25) is 21.5 Å². The fourth-order valence-corrected chi connectivity index (χ4v) is 7.75. The minimum atomic E-state index is -3.44. The van der Waals surface area contributed by atoms with Crippen LogP contribution in [0.5, 0.6) is 0 Å². The van der Waals surface area contributed by atoms with Gasteiger partial charge in [-0.25, -0.2) is 0 Å². The number of hydrogen-bond acceptors (Lipinski definition) is 1. The Labute approximate surface area is 227 Å². The third-order valence-corrected chi connectivity index (χ3v) is 9.88. The zero-order valence-electron chi connectivity index (χ0n) is 22.9. The van der Waals surface area contributed by atoms with E-state index in [0.717, 1.165) is 28.7 Å². The highest BCUT2D eigenvalue weighted by atomic mass is 32.9. The first-order chi connectivity index (χ1) is 17.0. The van der Waals surface area contributed by atoms with Crippen LogP contribution in [0.1, 0.15) is 153 Å². The van der Waals surface area contributed by atoms with Crippen LogP contribution < -0.4 is 4.89 Å². The van der Waals surface area contributed by atoms with Gasteiger partial charge in [0, 0.05) is 11.6 Å². The topological polar surface area (TPSA) is 43.3 Å². The van der Waals surface area contributed by atoms with E-state index in [1.54, 1.807) is 0 Å². The Balaban J connectivity index is 2.43. The van der Waals surface area contributed by atoms with Crippen LogP contribution in [0.2, 0.25) is 0 Å². The molecule has 1 aromatic carbocycles. The molecule has 1 N–H and O–H groups in total. The molecule has 0 radical (unpaired) electrons. The lowest BCUT2D eigenvalue weighted by molar-refractivity contribution is -0.170. The third kappa shape index (κ3) is 18.9. The van der Waals surface area contributed by atoms with Gasteiger partial charge in [-0.05, 0) is 31.2 Å². The summed E-state index contributed by atoms with van der Waals surface area (Å²) in [7, 11) is 1.06. The zero-order valence-corrected chi connectivity index (χ0v) is 25.6. The van der Waals surface area contributed by atoms with Gasteiger partial charge < -0.3 is 9.79 Å².